The number of H-pyrrole nitrogens is 2. The number of carbonyl (C=O) groups excluding carboxylic acids is 1. The Bertz CT molecular complexity index is 1020. The summed E-state index contributed by atoms with van der Waals surface area (Å²) in [5.41, 5.74) is 0.0342. The van der Waals surface area contributed by atoms with Crippen LogP contribution in [0.25, 0.3) is 22.4 Å². The van der Waals surface area contributed by atoms with Crippen molar-refractivity contribution in [3.8, 4) is 11.4 Å². The van der Waals surface area contributed by atoms with Gasteiger partial charge in [-0.15, -0.1) is 0 Å². The molecule has 3 aromatic rings. The van der Waals surface area contributed by atoms with Crippen LogP contribution in [0, 0.1) is 5.92 Å². The smallest absolute Gasteiger partial charge is 0.356 e. The molecule has 29 heavy (non-hydrogen) atoms. The Hall–Kier alpha value is -3.24. The Balaban J connectivity index is 1.88. The first-order valence-electron chi connectivity index (χ1n) is 8.90. The van der Waals surface area contributed by atoms with E-state index in [4.69, 9.17) is 0 Å². The molecule has 3 aromatic heterocycles. The Kier molecular flexibility index (Phi) is 5.40. The summed E-state index contributed by atoms with van der Waals surface area (Å²) in [5, 5.41) is 5.70. The molecule has 0 saturated heterocycles. The normalized spacial score (nSPS) is 14.0. The average Bonchev–Trinajstić information content (AvgIpc) is 3.09. The SMILES string of the molecule is CC(C)[C@@](C)(Nc1ccnc(-c2c[nH]c3nc[nH+]cc23)n1)C(=O)NCC(F)(F)F. The van der Waals surface area contributed by atoms with Gasteiger partial charge in [0.15, 0.2) is 5.82 Å². The topological polar surface area (TPSA) is 110 Å². The summed E-state index contributed by atoms with van der Waals surface area (Å²) >= 11 is 0. The summed E-state index contributed by atoms with van der Waals surface area (Å²) in [6.07, 6.45) is 2.02. The molecule has 0 saturated carbocycles. The molecule has 4 N–H and O–H groups in total. The van der Waals surface area contributed by atoms with E-state index in [1.54, 1.807) is 32.3 Å². The third kappa shape index (κ3) is 4.44. The number of alkyl halides is 3. The van der Waals surface area contributed by atoms with Gasteiger partial charge < -0.3 is 15.6 Å². The van der Waals surface area contributed by atoms with E-state index in [1.165, 1.54) is 19.4 Å². The van der Waals surface area contributed by atoms with Gasteiger partial charge >= 0.3 is 6.18 Å². The van der Waals surface area contributed by atoms with Crippen LogP contribution in [-0.4, -0.2) is 44.1 Å². The number of anilines is 1. The molecule has 11 heteroatoms. The molecule has 0 unspecified atom stereocenters. The standard InChI is InChI=1S/C18H20F3N7O/c1-10(2)17(3,16(29)25-8-18(19,20)21)28-13-4-5-23-15(27-13)12-7-24-14-11(12)6-22-9-26-14/h4-7,9-10H,8H2,1-3H3,(H,25,29)(H,22,24,26)(H,23,27,28)/p+1/t17-/m1/s1. The van der Waals surface area contributed by atoms with Crippen molar-refractivity contribution in [3.05, 3.63) is 31.0 Å². The average molecular weight is 408 g/mol. The number of hydrogen-bond donors (Lipinski definition) is 3. The van der Waals surface area contributed by atoms with Gasteiger partial charge in [-0.25, -0.2) is 15.0 Å². The molecule has 1 amide bonds. The van der Waals surface area contributed by atoms with Gasteiger partial charge in [0.1, 0.15) is 24.1 Å². The molecular formula is C18H21F3N7O+. The number of rotatable bonds is 6. The number of carbonyl (C=O) groups is 1. The quantitative estimate of drug-likeness (QED) is 0.580. The van der Waals surface area contributed by atoms with Crippen LogP contribution in [0.15, 0.2) is 31.0 Å². The first kappa shape index (κ1) is 20.5. The highest BCUT2D eigenvalue weighted by molar-refractivity contribution is 5.91. The molecule has 0 aliphatic carbocycles. The third-order valence-corrected chi connectivity index (χ3v) is 4.75. The second kappa shape index (κ2) is 7.64. The Labute approximate surface area is 164 Å². The summed E-state index contributed by atoms with van der Waals surface area (Å²) in [5.74, 6) is -0.392. The van der Waals surface area contributed by atoms with Gasteiger partial charge in [-0.05, 0) is 23.9 Å². The first-order valence-corrected chi connectivity index (χ1v) is 8.90. The molecule has 0 spiro atoms. The minimum absolute atomic E-state index is 0.315. The van der Waals surface area contributed by atoms with Crippen LogP contribution in [0.5, 0.6) is 0 Å². The summed E-state index contributed by atoms with van der Waals surface area (Å²) < 4.78 is 37.5. The zero-order valence-corrected chi connectivity index (χ0v) is 16.1. The lowest BCUT2D eigenvalue weighted by Gasteiger charge is -2.34. The van der Waals surface area contributed by atoms with E-state index in [0.717, 1.165) is 5.39 Å². The molecule has 0 fully saturated rings. The van der Waals surface area contributed by atoms with Crippen LogP contribution in [0.4, 0.5) is 19.0 Å². The molecular weight excluding hydrogens is 387 g/mol. The van der Waals surface area contributed by atoms with Gasteiger partial charge in [-0.2, -0.15) is 13.2 Å². The molecule has 0 radical (unpaired) electrons. The fourth-order valence-corrected chi connectivity index (χ4v) is 2.74. The molecule has 0 aliphatic rings. The highest BCUT2D eigenvalue weighted by atomic mass is 19.4. The van der Waals surface area contributed by atoms with Crippen LogP contribution in [0.3, 0.4) is 0 Å². The van der Waals surface area contributed by atoms with Gasteiger partial charge in [-0.3, -0.25) is 4.79 Å². The van der Waals surface area contributed by atoms with Gasteiger partial charge in [-0.1, -0.05) is 13.8 Å². The van der Waals surface area contributed by atoms with Gasteiger partial charge in [0.25, 0.3) is 12.0 Å². The first-order chi connectivity index (χ1) is 13.6. The summed E-state index contributed by atoms with van der Waals surface area (Å²) in [4.78, 5) is 31.3. The molecule has 0 bridgehead atoms. The number of halogens is 3. The van der Waals surface area contributed by atoms with E-state index in [2.05, 4.69) is 30.2 Å². The predicted molar refractivity (Wildman–Crippen MR) is 99.6 cm³/mol. The van der Waals surface area contributed by atoms with Crippen LogP contribution >= 0.6 is 0 Å². The van der Waals surface area contributed by atoms with Crippen LogP contribution < -0.4 is 15.6 Å². The Morgan fingerprint density at radius 3 is 2.76 bits per heavy atom. The zero-order chi connectivity index (χ0) is 21.2. The number of fused-ring (bicyclic) bond motifs is 1. The van der Waals surface area contributed by atoms with Crippen molar-refractivity contribution < 1.29 is 22.9 Å². The number of nitrogens with zero attached hydrogens (tertiary/aromatic N) is 3. The molecule has 154 valence electrons. The van der Waals surface area contributed by atoms with Crippen molar-refractivity contribution in [1.82, 2.24) is 25.3 Å². The van der Waals surface area contributed by atoms with Crippen LogP contribution in [0.2, 0.25) is 0 Å². The van der Waals surface area contributed by atoms with Crippen molar-refractivity contribution in [1.29, 1.82) is 0 Å². The number of aromatic nitrogens is 5. The summed E-state index contributed by atoms with van der Waals surface area (Å²) in [7, 11) is 0. The van der Waals surface area contributed by atoms with E-state index in [9.17, 15) is 18.0 Å². The second-order valence-electron chi connectivity index (χ2n) is 7.08. The molecule has 0 aromatic carbocycles. The lowest BCUT2D eigenvalue weighted by molar-refractivity contribution is -0.380. The van der Waals surface area contributed by atoms with Crippen molar-refractivity contribution in [3.63, 3.8) is 0 Å². The fraction of sp³-hybridized carbons (Fsp3) is 0.389. The van der Waals surface area contributed by atoms with Gasteiger partial charge in [0.05, 0.1) is 10.9 Å². The number of hydrogen-bond acceptors (Lipinski definition) is 5. The van der Waals surface area contributed by atoms with Crippen molar-refractivity contribution in [2.75, 3.05) is 11.9 Å². The van der Waals surface area contributed by atoms with Gasteiger partial charge in [0, 0.05) is 12.4 Å². The Morgan fingerprint density at radius 1 is 1.31 bits per heavy atom. The van der Waals surface area contributed by atoms with Gasteiger partial charge in [0.2, 0.25) is 5.91 Å². The zero-order valence-electron chi connectivity index (χ0n) is 16.1. The van der Waals surface area contributed by atoms with E-state index in [1.807, 2.05) is 5.32 Å². The fourth-order valence-electron chi connectivity index (χ4n) is 2.74. The molecule has 3 rings (SSSR count). The summed E-state index contributed by atoms with van der Waals surface area (Å²) in [6.45, 7) is 3.62. The second-order valence-corrected chi connectivity index (χ2v) is 7.08. The molecule has 3 heterocycles. The largest absolute Gasteiger partial charge is 0.405 e. The van der Waals surface area contributed by atoms with Crippen LogP contribution in [-0.2, 0) is 4.79 Å². The maximum Gasteiger partial charge on any atom is 0.405 e. The predicted octanol–water partition coefficient (Wildman–Crippen LogP) is 2.34. The lowest BCUT2D eigenvalue weighted by Crippen LogP contribution is -2.55. The van der Waals surface area contributed by atoms with Crippen molar-refractivity contribution in [2.24, 2.45) is 5.92 Å². The monoisotopic (exact) mass is 408 g/mol. The number of nitrogens with one attached hydrogen (secondary N) is 4. The minimum atomic E-state index is -4.49. The Morgan fingerprint density at radius 2 is 2.07 bits per heavy atom. The van der Waals surface area contributed by atoms with E-state index in [-0.39, 0.29) is 5.92 Å². The van der Waals surface area contributed by atoms with E-state index in [0.29, 0.717) is 22.9 Å². The van der Waals surface area contributed by atoms with E-state index < -0.39 is 24.2 Å². The third-order valence-electron chi connectivity index (χ3n) is 4.75. The maximum absolute atomic E-state index is 12.5. The highest BCUT2D eigenvalue weighted by Crippen LogP contribution is 2.27. The minimum Gasteiger partial charge on any atom is -0.356 e. The van der Waals surface area contributed by atoms with Crippen molar-refractivity contribution in [2.45, 2.75) is 32.5 Å². The highest BCUT2D eigenvalue weighted by Gasteiger charge is 2.39. The number of aromatic amines is 2. The lowest BCUT2D eigenvalue weighted by atomic mass is 9.87. The number of amides is 1. The summed E-state index contributed by atoms with van der Waals surface area (Å²) in [6, 6.07) is 1.56. The van der Waals surface area contributed by atoms with Crippen LogP contribution in [0.1, 0.15) is 20.8 Å². The van der Waals surface area contributed by atoms with Crippen molar-refractivity contribution >= 4 is 22.8 Å². The molecule has 0 aliphatic heterocycles. The molecule has 1 atom stereocenters. The maximum atomic E-state index is 12.5. The van der Waals surface area contributed by atoms with E-state index >= 15 is 0 Å². The molecule has 8 nitrogen and oxygen atoms in total.